The van der Waals surface area contributed by atoms with Gasteiger partial charge in [0, 0.05) is 12.2 Å². The second-order valence-electron chi connectivity index (χ2n) is 10.4. The number of alkyl halides is 3. The SMILES string of the molecule is COc1nn2c(c1S(=O)(=O)N1CC(CC(C)C(=O)O)Oc3ccc(NC(=O)OC(C)(C)C(F)(F)F)cc31)CCCC2. The second-order valence-corrected chi connectivity index (χ2v) is 12.2. The minimum Gasteiger partial charge on any atom is -0.486 e. The Balaban J connectivity index is 1.74. The number of aromatic nitrogens is 2. The summed E-state index contributed by atoms with van der Waals surface area (Å²) in [6, 6.07) is 3.87. The summed E-state index contributed by atoms with van der Waals surface area (Å²) in [5.41, 5.74) is -2.40. The lowest BCUT2D eigenvalue weighted by molar-refractivity contribution is -0.242. The number of hydrogen-bond acceptors (Lipinski definition) is 8. The Hall–Kier alpha value is -3.69. The van der Waals surface area contributed by atoms with Crippen LogP contribution in [0.15, 0.2) is 23.1 Å². The van der Waals surface area contributed by atoms with Crippen LogP contribution in [0.1, 0.15) is 45.7 Å². The molecule has 0 aliphatic carbocycles. The summed E-state index contributed by atoms with van der Waals surface area (Å²) in [5.74, 6) is -1.96. The molecule has 0 spiro atoms. The maximum absolute atomic E-state index is 14.2. The summed E-state index contributed by atoms with van der Waals surface area (Å²) in [7, 11) is -3.09. The fraction of sp³-hybridized carbons (Fsp3) is 0.560. The largest absolute Gasteiger partial charge is 0.486 e. The van der Waals surface area contributed by atoms with Crippen molar-refractivity contribution >= 4 is 33.5 Å². The van der Waals surface area contributed by atoms with Crippen LogP contribution in [0.3, 0.4) is 0 Å². The molecule has 0 saturated heterocycles. The molecule has 226 valence electrons. The zero-order valence-electron chi connectivity index (χ0n) is 22.8. The second kappa shape index (κ2) is 10.9. The number of sulfonamides is 1. The maximum atomic E-state index is 14.2. The Bertz CT molecular complexity index is 1440. The zero-order chi connectivity index (χ0) is 30.3. The normalized spacial score (nSPS) is 18.0. The Morgan fingerprint density at radius 1 is 1.27 bits per heavy atom. The summed E-state index contributed by atoms with van der Waals surface area (Å²) < 4.78 is 86.5. The molecule has 1 amide bonds. The van der Waals surface area contributed by atoms with Gasteiger partial charge in [0.2, 0.25) is 5.60 Å². The quantitative estimate of drug-likeness (QED) is 0.452. The minimum atomic E-state index is -4.83. The van der Waals surface area contributed by atoms with E-state index in [9.17, 15) is 36.3 Å². The average Bonchev–Trinajstić information content (AvgIpc) is 3.27. The average molecular weight is 605 g/mol. The van der Waals surface area contributed by atoms with E-state index in [1.54, 1.807) is 4.68 Å². The van der Waals surface area contributed by atoms with Crippen molar-refractivity contribution in [3.05, 3.63) is 23.9 Å². The van der Waals surface area contributed by atoms with Gasteiger partial charge in [0.15, 0.2) is 4.90 Å². The molecule has 2 unspecified atom stereocenters. The topological polar surface area (TPSA) is 149 Å². The number of nitrogens with zero attached hydrogens (tertiary/aromatic N) is 3. The molecule has 3 heterocycles. The monoisotopic (exact) mass is 604 g/mol. The fourth-order valence-corrected chi connectivity index (χ4v) is 6.44. The van der Waals surface area contributed by atoms with E-state index in [4.69, 9.17) is 9.47 Å². The number of aliphatic carboxylic acids is 1. The molecular weight excluding hydrogens is 573 g/mol. The molecule has 0 fully saturated rings. The zero-order valence-corrected chi connectivity index (χ0v) is 23.6. The van der Waals surface area contributed by atoms with E-state index in [-0.39, 0.29) is 40.9 Å². The van der Waals surface area contributed by atoms with Gasteiger partial charge in [-0.2, -0.15) is 13.2 Å². The summed E-state index contributed by atoms with van der Waals surface area (Å²) in [5, 5.41) is 15.9. The smallest absolute Gasteiger partial charge is 0.427 e. The highest BCUT2D eigenvalue weighted by atomic mass is 32.2. The molecule has 2 aromatic rings. The number of benzene rings is 1. The highest BCUT2D eigenvalue weighted by Crippen LogP contribution is 2.43. The molecule has 16 heteroatoms. The number of rotatable bonds is 8. The highest BCUT2D eigenvalue weighted by Gasteiger charge is 2.51. The molecule has 2 atom stereocenters. The number of methoxy groups -OCH3 is 1. The number of aryl methyl sites for hydroxylation is 1. The van der Waals surface area contributed by atoms with Gasteiger partial charge in [0.1, 0.15) is 11.9 Å². The van der Waals surface area contributed by atoms with Crippen LogP contribution in [0, 0.1) is 5.92 Å². The molecule has 0 radical (unpaired) electrons. The van der Waals surface area contributed by atoms with Crippen molar-refractivity contribution < 1.29 is 50.5 Å². The summed E-state index contributed by atoms with van der Waals surface area (Å²) >= 11 is 0. The lowest BCUT2D eigenvalue weighted by atomic mass is 10.0. The van der Waals surface area contributed by atoms with Crippen LogP contribution in [0.2, 0.25) is 0 Å². The van der Waals surface area contributed by atoms with Crippen molar-refractivity contribution in [3.8, 4) is 11.6 Å². The Morgan fingerprint density at radius 2 is 1.98 bits per heavy atom. The number of amides is 1. The van der Waals surface area contributed by atoms with Crippen molar-refractivity contribution in [3.63, 3.8) is 0 Å². The number of carbonyl (C=O) groups excluding carboxylic acids is 1. The number of carboxylic acid groups (broad SMARTS) is 1. The first-order valence-electron chi connectivity index (χ1n) is 12.8. The lowest BCUT2D eigenvalue weighted by Crippen LogP contribution is -2.45. The van der Waals surface area contributed by atoms with Gasteiger partial charge in [-0.25, -0.2) is 13.2 Å². The van der Waals surface area contributed by atoms with E-state index < -0.39 is 45.9 Å². The van der Waals surface area contributed by atoms with Crippen LogP contribution in [0.5, 0.6) is 11.6 Å². The van der Waals surface area contributed by atoms with Gasteiger partial charge in [-0.1, -0.05) is 6.92 Å². The highest BCUT2D eigenvalue weighted by molar-refractivity contribution is 7.93. The van der Waals surface area contributed by atoms with Gasteiger partial charge in [0.25, 0.3) is 15.9 Å². The number of carbonyl (C=O) groups is 2. The van der Waals surface area contributed by atoms with E-state index >= 15 is 0 Å². The van der Waals surface area contributed by atoms with Crippen LogP contribution in [-0.2, 0) is 32.5 Å². The van der Waals surface area contributed by atoms with Gasteiger partial charge in [-0.05, 0) is 57.7 Å². The molecule has 1 aromatic heterocycles. The number of hydrogen-bond donors (Lipinski definition) is 2. The van der Waals surface area contributed by atoms with E-state index in [2.05, 4.69) is 15.2 Å². The van der Waals surface area contributed by atoms with Crippen molar-refractivity contribution in [2.45, 2.75) is 75.8 Å². The van der Waals surface area contributed by atoms with Crippen molar-refractivity contribution in [2.24, 2.45) is 5.92 Å². The molecular formula is C25H31F3N4O8S. The van der Waals surface area contributed by atoms with Crippen LogP contribution in [0.25, 0.3) is 0 Å². The van der Waals surface area contributed by atoms with Crippen molar-refractivity contribution in [1.29, 1.82) is 0 Å². The van der Waals surface area contributed by atoms with E-state index in [0.717, 1.165) is 17.1 Å². The Morgan fingerprint density at radius 3 is 2.61 bits per heavy atom. The van der Waals surface area contributed by atoms with Crippen LogP contribution in [-0.4, -0.2) is 66.9 Å². The molecule has 1 aromatic carbocycles. The van der Waals surface area contributed by atoms with Gasteiger partial charge < -0.3 is 19.3 Å². The maximum Gasteiger partial charge on any atom is 0.427 e. The lowest BCUT2D eigenvalue weighted by Gasteiger charge is -2.36. The summed E-state index contributed by atoms with van der Waals surface area (Å²) in [4.78, 5) is 23.7. The number of ether oxygens (including phenoxy) is 3. The standard InChI is InChI=1S/C25H31F3N4O8S/c1-14(22(33)34)11-16-13-32(41(36,37)20-17-7-5-6-10-31(17)30-21(20)38-4)18-12-15(8-9-19(18)39-16)29-23(35)40-24(2,3)25(26,27)28/h8-9,12,14,16H,5-7,10-11,13H2,1-4H3,(H,29,35)(H,33,34). The van der Waals surface area contributed by atoms with Gasteiger partial charge >= 0.3 is 18.2 Å². The van der Waals surface area contributed by atoms with Gasteiger partial charge in [-0.15, -0.1) is 5.10 Å². The predicted molar refractivity (Wildman–Crippen MR) is 139 cm³/mol. The molecule has 0 saturated carbocycles. The number of nitrogens with one attached hydrogen (secondary N) is 1. The molecule has 2 N–H and O–H groups in total. The van der Waals surface area contributed by atoms with Crippen LogP contribution < -0.4 is 19.1 Å². The molecule has 2 aliphatic rings. The molecule has 4 rings (SSSR count). The molecule has 2 aliphatic heterocycles. The van der Waals surface area contributed by atoms with Gasteiger partial charge in [-0.3, -0.25) is 19.1 Å². The Kier molecular flexibility index (Phi) is 8.08. The summed E-state index contributed by atoms with van der Waals surface area (Å²) in [6.45, 7) is 3.08. The molecule has 0 bridgehead atoms. The fourth-order valence-electron chi connectivity index (χ4n) is 4.61. The first-order valence-corrected chi connectivity index (χ1v) is 14.3. The molecule has 41 heavy (non-hydrogen) atoms. The minimum absolute atomic E-state index is 0.0110. The third-order valence-electron chi connectivity index (χ3n) is 6.96. The van der Waals surface area contributed by atoms with Crippen molar-refractivity contribution in [1.82, 2.24) is 9.78 Å². The van der Waals surface area contributed by atoms with Crippen molar-refractivity contribution in [2.75, 3.05) is 23.3 Å². The molecule has 12 nitrogen and oxygen atoms in total. The third-order valence-corrected chi connectivity index (χ3v) is 8.81. The third kappa shape index (κ3) is 6.01. The van der Waals surface area contributed by atoms with Crippen LogP contribution in [0.4, 0.5) is 29.3 Å². The first-order chi connectivity index (χ1) is 19.0. The Labute approximate surface area is 234 Å². The number of carboxylic acids is 1. The number of anilines is 2. The van der Waals surface area contributed by atoms with Crippen LogP contribution >= 0.6 is 0 Å². The van der Waals surface area contributed by atoms with E-state index in [1.807, 2.05) is 0 Å². The van der Waals surface area contributed by atoms with E-state index in [1.165, 1.54) is 32.2 Å². The van der Waals surface area contributed by atoms with E-state index in [0.29, 0.717) is 32.5 Å². The predicted octanol–water partition coefficient (Wildman–Crippen LogP) is 4.18. The number of halogens is 3. The van der Waals surface area contributed by atoms with Gasteiger partial charge in [0.05, 0.1) is 31.0 Å². The first kappa shape index (κ1) is 30.3. The number of fused-ring (bicyclic) bond motifs is 2. The summed E-state index contributed by atoms with van der Waals surface area (Å²) in [6.07, 6.45) is -5.11.